The molecule has 1 N–H and O–H groups in total. The summed E-state index contributed by atoms with van der Waals surface area (Å²) in [4.78, 5) is 10.0. The topological polar surface area (TPSA) is 59.9 Å². The van der Waals surface area contributed by atoms with Crippen molar-refractivity contribution in [3.63, 3.8) is 0 Å². The molecule has 7 heteroatoms. The monoisotopic (exact) mass is 412 g/mol. The summed E-state index contributed by atoms with van der Waals surface area (Å²) in [6.45, 7) is 4.42. The van der Waals surface area contributed by atoms with Gasteiger partial charge in [-0.15, -0.1) is 5.10 Å². The summed E-state index contributed by atoms with van der Waals surface area (Å²) >= 11 is 7.44. The van der Waals surface area contributed by atoms with E-state index in [0.29, 0.717) is 11.8 Å². The number of hydrogen-bond acceptors (Lipinski definition) is 6. The van der Waals surface area contributed by atoms with Crippen LogP contribution in [0.25, 0.3) is 6.08 Å². The summed E-state index contributed by atoms with van der Waals surface area (Å²) in [7, 11) is 0. The van der Waals surface area contributed by atoms with Crippen molar-refractivity contribution in [3.8, 4) is 0 Å². The summed E-state index contributed by atoms with van der Waals surface area (Å²) in [5.41, 5.74) is 7.81. The van der Waals surface area contributed by atoms with Crippen LogP contribution >= 0.6 is 23.4 Å². The normalized spacial score (nSPS) is 11.1. The number of rotatable bonds is 8. The molecule has 0 aliphatic rings. The van der Waals surface area contributed by atoms with Crippen molar-refractivity contribution in [3.05, 3.63) is 87.8 Å². The molecule has 0 spiro atoms. The van der Waals surface area contributed by atoms with Gasteiger partial charge in [-0.1, -0.05) is 65.3 Å². The molecule has 1 aromatic heterocycles. The lowest BCUT2D eigenvalue weighted by Gasteiger charge is -2.05. The van der Waals surface area contributed by atoms with Gasteiger partial charge >= 0.3 is 0 Å². The zero-order valence-corrected chi connectivity index (χ0v) is 17.3. The zero-order chi connectivity index (χ0) is 19.8. The molecule has 0 aliphatic carbocycles. The number of thioether (sulfide) groups is 1. The number of benzene rings is 2. The number of hydroxylamine groups is 1. The van der Waals surface area contributed by atoms with Crippen molar-refractivity contribution < 1.29 is 4.84 Å². The standard InChI is InChI=1S/C21H21ClN4OS/c1-15-3-5-17(6-4-15)13-27-23-12-11-20-16(2)25-26-21(24-20)28-14-18-7-9-19(22)10-8-18/h3-12,23H,13-14H2,1-2H3/b12-11+. The molecule has 0 amide bonds. The fraction of sp³-hybridized carbons (Fsp3) is 0.190. The highest BCUT2D eigenvalue weighted by Gasteiger charge is 2.05. The van der Waals surface area contributed by atoms with E-state index in [4.69, 9.17) is 16.4 Å². The van der Waals surface area contributed by atoms with E-state index in [-0.39, 0.29) is 0 Å². The molecule has 0 atom stereocenters. The maximum Gasteiger partial charge on any atom is 0.209 e. The Balaban J connectivity index is 1.51. The summed E-state index contributed by atoms with van der Waals surface area (Å²) in [5.74, 6) is 0.753. The maximum absolute atomic E-state index is 5.91. The minimum absolute atomic E-state index is 0.480. The van der Waals surface area contributed by atoms with Crippen molar-refractivity contribution in [1.29, 1.82) is 0 Å². The molecule has 0 unspecified atom stereocenters. The lowest BCUT2D eigenvalue weighted by Crippen LogP contribution is -2.06. The van der Waals surface area contributed by atoms with Crippen LogP contribution in [-0.4, -0.2) is 15.2 Å². The fourth-order valence-corrected chi connectivity index (χ4v) is 3.17. The first-order valence-electron chi connectivity index (χ1n) is 8.78. The first-order valence-corrected chi connectivity index (χ1v) is 10.1. The van der Waals surface area contributed by atoms with Crippen LogP contribution in [-0.2, 0) is 17.2 Å². The van der Waals surface area contributed by atoms with Crippen LogP contribution in [0.3, 0.4) is 0 Å². The molecule has 0 bridgehead atoms. The lowest BCUT2D eigenvalue weighted by molar-refractivity contribution is 0.0581. The first-order chi connectivity index (χ1) is 13.6. The number of aryl methyl sites for hydroxylation is 2. The third-order valence-corrected chi connectivity index (χ3v) is 5.07. The quantitative estimate of drug-likeness (QED) is 0.314. The molecule has 0 radical (unpaired) electrons. The highest BCUT2D eigenvalue weighted by molar-refractivity contribution is 7.98. The minimum atomic E-state index is 0.480. The van der Waals surface area contributed by atoms with Crippen molar-refractivity contribution in [2.45, 2.75) is 31.4 Å². The van der Waals surface area contributed by atoms with Gasteiger partial charge in [0, 0.05) is 17.0 Å². The van der Waals surface area contributed by atoms with Gasteiger partial charge in [-0.2, -0.15) is 5.10 Å². The molecule has 3 rings (SSSR count). The predicted molar refractivity (Wildman–Crippen MR) is 114 cm³/mol. The molecule has 0 saturated heterocycles. The van der Waals surface area contributed by atoms with E-state index in [0.717, 1.165) is 33.3 Å². The molecule has 0 fully saturated rings. The third kappa shape index (κ3) is 6.34. The highest BCUT2D eigenvalue weighted by Crippen LogP contribution is 2.20. The van der Waals surface area contributed by atoms with Crippen LogP contribution in [0, 0.1) is 13.8 Å². The van der Waals surface area contributed by atoms with E-state index in [9.17, 15) is 0 Å². The number of hydrogen-bond donors (Lipinski definition) is 1. The van der Waals surface area contributed by atoms with Crippen LogP contribution in [0.1, 0.15) is 28.1 Å². The van der Waals surface area contributed by atoms with Crippen LogP contribution in [0.15, 0.2) is 59.9 Å². The van der Waals surface area contributed by atoms with E-state index in [1.165, 1.54) is 17.3 Å². The second-order valence-electron chi connectivity index (χ2n) is 6.21. The molecule has 2 aromatic carbocycles. The van der Waals surface area contributed by atoms with Crippen LogP contribution in [0.2, 0.25) is 5.02 Å². The Kier molecular flexibility index (Phi) is 7.42. The highest BCUT2D eigenvalue weighted by atomic mass is 35.5. The van der Waals surface area contributed by atoms with Gasteiger partial charge in [0.15, 0.2) is 0 Å². The van der Waals surface area contributed by atoms with Gasteiger partial charge < -0.3 is 0 Å². The number of aromatic nitrogens is 3. The SMILES string of the molecule is Cc1ccc(CON/C=C/c2nc(SCc3ccc(Cl)cc3)nnc2C)cc1. The predicted octanol–water partition coefficient (Wildman–Crippen LogP) is 5.13. The fourth-order valence-electron chi connectivity index (χ4n) is 2.29. The van der Waals surface area contributed by atoms with Gasteiger partial charge in [0.1, 0.15) is 0 Å². The van der Waals surface area contributed by atoms with Crippen molar-refractivity contribution in [2.75, 3.05) is 0 Å². The summed E-state index contributed by atoms with van der Waals surface area (Å²) in [6.07, 6.45) is 3.53. The van der Waals surface area contributed by atoms with E-state index in [1.807, 2.05) is 49.4 Å². The number of nitrogens with zero attached hydrogens (tertiary/aromatic N) is 3. The molecule has 5 nitrogen and oxygen atoms in total. The van der Waals surface area contributed by atoms with Crippen molar-refractivity contribution >= 4 is 29.4 Å². The minimum Gasteiger partial charge on any atom is -0.274 e. The Morgan fingerprint density at radius 1 is 1.00 bits per heavy atom. The molecule has 0 aliphatic heterocycles. The van der Waals surface area contributed by atoms with Gasteiger partial charge in [0.25, 0.3) is 0 Å². The zero-order valence-electron chi connectivity index (χ0n) is 15.7. The number of halogens is 1. The Hall–Kier alpha value is -2.41. The molecule has 1 heterocycles. The molecule has 28 heavy (non-hydrogen) atoms. The van der Waals surface area contributed by atoms with Crippen LogP contribution in [0.4, 0.5) is 0 Å². The smallest absolute Gasteiger partial charge is 0.209 e. The van der Waals surface area contributed by atoms with Gasteiger partial charge in [-0.3, -0.25) is 10.3 Å². The van der Waals surface area contributed by atoms with Gasteiger partial charge in [-0.05, 0) is 43.2 Å². The van der Waals surface area contributed by atoms with Gasteiger partial charge in [-0.25, -0.2) is 4.98 Å². The van der Waals surface area contributed by atoms with E-state index in [2.05, 4.69) is 39.7 Å². The molecular formula is C21H21ClN4OS. The van der Waals surface area contributed by atoms with Gasteiger partial charge in [0.2, 0.25) is 5.16 Å². The third-order valence-electron chi connectivity index (χ3n) is 3.91. The Labute approximate surface area is 174 Å². The van der Waals surface area contributed by atoms with Crippen LogP contribution in [0.5, 0.6) is 0 Å². The number of nitrogens with one attached hydrogen (secondary N) is 1. The Morgan fingerprint density at radius 3 is 2.46 bits per heavy atom. The molecule has 144 valence electrons. The summed E-state index contributed by atoms with van der Waals surface area (Å²) < 4.78 is 0. The maximum atomic E-state index is 5.91. The molecular weight excluding hydrogens is 392 g/mol. The van der Waals surface area contributed by atoms with Crippen molar-refractivity contribution in [2.24, 2.45) is 0 Å². The Bertz CT molecular complexity index is 930. The second kappa shape index (κ2) is 10.2. The first kappa shape index (κ1) is 20.3. The summed E-state index contributed by atoms with van der Waals surface area (Å²) in [6, 6.07) is 16.0. The van der Waals surface area contributed by atoms with E-state index < -0.39 is 0 Å². The second-order valence-corrected chi connectivity index (χ2v) is 7.58. The van der Waals surface area contributed by atoms with Crippen molar-refractivity contribution in [1.82, 2.24) is 20.7 Å². The largest absolute Gasteiger partial charge is 0.274 e. The van der Waals surface area contributed by atoms with Gasteiger partial charge in [0.05, 0.1) is 18.0 Å². The Morgan fingerprint density at radius 2 is 1.71 bits per heavy atom. The molecule has 0 saturated carbocycles. The van der Waals surface area contributed by atoms with E-state index in [1.54, 1.807) is 6.20 Å². The van der Waals surface area contributed by atoms with Crippen LogP contribution < -0.4 is 5.48 Å². The lowest BCUT2D eigenvalue weighted by atomic mass is 10.2. The average Bonchev–Trinajstić information content (AvgIpc) is 2.70. The van der Waals surface area contributed by atoms with E-state index >= 15 is 0 Å². The summed E-state index contributed by atoms with van der Waals surface area (Å²) in [5, 5.41) is 9.69. The average molecular weight is 413 g/mol. The molecule has 3 aromatic rings.